The summed E-state index contributed by atoms with van der Waals surface area (Å²) in [5, 5.41) is 3.13. The van der Waals surface area contributed by atoms with E-state index >= 15 is 0 Å². The molecule has 1 aliphatic heterocycles. The van der Waals surface area contributed by atoms with Crippen molar-refractivity contribution in [3.05, 3.63) is 35.9 Å². The third-order valence-electron chi connectivity index (χ3n) is 4.23. The van der Waals surface area contributed by atoms with Gasteiger partial charge in [-0.2, -0.15) is 0 Å². The van der Waals surface area contributed by atoms with E-state index in [4.69, 9.17) is 4.74 Å². The van der Waals surface area contributed by atoms with E-state index in [9.17, 15) is 4.79 Å². The van der Waals surface area contributed by atoms with E-state index in [2.05, 4.69) is 17.4 Å². The first-order chi connectivity index (χ1) is 8.73. The summed E-state index contributed by atoms with van der Waals surface area (Å²) in [6.45, 7) is 2.79. The van der Waals surface area contributed by atoms with Gasteiger partial charge in [0.15, 0.2) is 0 Å². The molecule has 1 aliphatic carbocycles. The van der Waals surface area contributed by atoms with Gasteiger partial charge in [-0.1, -0.05) is 30.3 Å². The van der Waals surface area contributed by atoms with Gasteiger partial charge in [0, 0.05) is 18.4 Å². The molecule has 1 aromatic rings. The van der Waals surface area contributed by atoms with Crippen molar-refractivity contribution >= 4 is 5.91 Å². The van der Waals surface area contributed by atoms with Crippen molar-refractivity contribution in [3.63, 3.8) is 0 Å². The van der Waals surface area contributed by atoms with Gasteiger partial charge in [-0.3, -0.25) is 4.79 Å². The Balaban J connectivity index is 1.80. The highest BCUT2D eigenvalue weighted by Crippen LogP contribution is 2.56. The van der Waals surface area contributed by atoms with Crippen LogP contribution in [-0.2, 0) is 9.53 Å². The van der Waals surface area contributed by atoms with Gasteiger partial charge in [0.2, 0.25) is 5.91 Å². The van der Waals surface area contributed by atoms with Gasteiger partial charge in [0.1, 0.15) is 0 Å². The SMILES string of the molecule is CCOC1CC2(CC(=O)NC2c2ccccc2)C1. The smallest absolute Gasteiger partial charge is 0.221 e. The molecule has 1 spiro atoms. The van der Waals surface area contributed by atoms with Crippen LogP contribution < -0.4 is 5.32 Å². The summed E-state index contributed by atoms with van der Waals surface area (Å²) in [6.07, 6.45) is 2.99. The van der Waals surface area contributed by atoms with Crippen LogP contribution in [0.25, 0.3) is 0 Å². The number of rotatable bonds is 3. The van der Waals surface area contributed by atoms with Gasteiger partial charge in [0.05, 0.1) is 12.1 Å². The minimum atomic E-state index is 0.0955. The topological polar surface area (TPSA) is 38.3 Å². The lowest BCUT2D eigenvalue weighted by Crippen LogP contribution is -2.45. The lowest BCUT2D eigenvalue weighted by molar-refractivity contribution is -0.121. The zero-order chi connectivity index (χ0) is 12.6. The first-order valence-corrected chi connectivity index (χ1v) is 6.69. The molecule has 1 saturated carbocycles. The van der Waals surface area contributed by atoms with Crippen molar-refractivity contribution in [2.75, 3.05) is 6.61 Å². The fourth-order valence-corrected chi connectivity index (χ4v) is 3.45. The Bertz CT molecular complexity index is 437. The fraction of sp³-hybridized carbons (Fsp3) is 0.533. The lowest BCUT2D eigenvalue weighted by Gasteiger charge is -2.47. The molecule has 3 heteroatoms. The summed E-state index contributed by atoms with van der Waals surface area (Å²) < 4.78 is 5.64. The van der Waals surface area contributed by atoms with Gasteiger partial charge in [-0.05, 0) is 25.3 Å². The Morgan fingerprint density at radius 3 is 2.72 bits per heavy atom. The van der Waals surface area contributed by atoms with E-state index in [0.29, 0.717) is 12.5 Å². The fourth-order valence-electron chi connectivity index (χ4n) is 3.45. The van der Waals surface area contributed by atoms with Gasteiger partial charge in [-0.25, -0.2) is 0 Å². The summed E-state index contributed by atoms with van der Waals surface area (Å²) in [5.74, 6) is 0.179. The Hall–Kier alpha value is -1.35. The van der Waals surface area contributed by atoms with E-state index in [1.807, 2.05) is 25.1 Å². The highest BCUT2D eigenvalue weighted by Gasteiger charge is 2.55. The molecule has 3 rings (SSSR count). The average Bonchev–Trinajstić information content (AvgIpc) is 2.68. The molecule has 2 fully saturated rings. The average molecular weight is 245 g/mol. The predicted molar refractivity (Wildman–Crippen MR) is 69.0 cm³/mol. The minimum absolute atomic E-state index is 0.0955. The maximum atomic E-state index is 11.7. The number of amides is 1. The molecule has 1 N–H and O–H groups in total. The van der Waals surface area contributed by atoms with Crippen molar-refractivity contribution in [2.24, 2.45) is 5.41 Å². The summed E-state index contributed by atoms with van der Waals surface area (Å²) in [4.78, 5) is 11.7. The second-order valence-corrected chi connectivity index (χ2v) is 5.44. The number of carbonyl (C=O) groups is 1. The van der Waals surface area contributed by atoms with Gasteiger partial charge < -0.3 is 10.1 Å². The van der Waals surface area contributed by atoms with E-state index in [-0.39, 0.29) is 17.4 Å². The maximum Gasteiger partial charge on any atom is 0.221 e. The van der Waals surface area contributed by atoms with Gasteiger partial charge in [-0.15, -0.1) is 0 Å². The van der Waals surface area contributed by atoms with E-state index < -0.39 is 0 Å². The number of nitrogens with one attached hydrogen (secondary N) is 1. The van der Waals surface area contributed by atoms with Crippen LogP contribution in [0.15, 0.2) is 30.3 Å². The first kappa shape index (κ1) is 11.7. The Kier molecular flexibility index (Phi) is 2.86. The molecule has 0 aromatic heterocycles. The highest BCUT2D eigenvalue weighted by atomic mass is 16.5. The van der Waals surface area contributed by atoms with Crippen LogP contribution in [0.1, 0.15) is 37.8 Å². The Labute approximate surface area is 108 Å². The number of hydrogen-bond acceptors (Lipinski definition) is 2. The molecule has 1 amide bonds. The van der Waals surface area contributed by atoms with Crippen molar-refractivity contribution in [2.45, 2.75) is 38.3 Å². The molecule has 1 unspecified atom stereocenters. The van der Waals surface area contributed by atoms with Crippen LogP contribution in [0.3, 0.4) is 0 Å². The molecule has 0 radical (unpaired) electrons. The summed E-state index contributed by atoms with van der Waals surface area (Å²) in [7, 11) is 0. The second kappa shape index (κ2) is 4.39. The van der Waals surface area contributed by atoms with Crippen LogP contribution >= 0.6 is 0 Å². The Morgan fingerprint density at radius 2 is 2.06 bits per heavy atom. The van der Waals surface area contributed by atoms with Crippen LogP contribution in [0.2, 0.25) is 0 Å². The summed E-state index contributed by atoms with van der Waals surface area (Å²) in [5.41, 5.74) is 1.32. The lowest BCUT2D eigenvalue weighted by atomic mass is 9.61. The van der Waals surface area contributed by atoms with Crippen molar-refractivity contribution < 1.29 is 9.53 Å². The standard InChI is InChI=1S/C15H19NO2/c1-2-18-12-8-15(9-12)10-13(17)16-14(15)11-6-4-3-5-7-11/h3-7,12,14H,2,8-10H2,1H3,(H,16,17). The molecule has 1 atom stereocenters. The van der Waals surface area contributed by atoms with Crippen LogP contribution in [-0.4, -0.2) is 18.6 Å². The molecule has 18 heavy (non-hydrogen) atoms. The minimum Gasteiger partial charge on any atom is -0.378 e. The van der Waals surface area contributed by atoms with Crippen LogP contribution in [0.4, 0.5) is 0 Å². The normalized spacial score (nSPS) is 34.4. The predicted octanol–water partition coefficient (Wildman–Crippen LogP) is 2.43. The van der Waals surface area contributed by atoms with Crippen molar-refractivity contribution in [3.8, 4) is 0 Å². The summed E-state index contributed by atoms with van der Waals surface area (Å²) >= 11 is 0. The van der Waals surface area contributed by atoms with E-state index in [0.717, 1.165) is 19.4 Å². The summed E-state index contributed by atoms with van der Waals surface area (Å²) in [6, 6.07) is 10.5. The third-order valence-corrected chi connectivity index (χ3v) is 4.23. The Morgan fingerprint density at radius 1 is 1.33 bits per heavy atom. The molecule has 1 saturated heterocycles. The molecule has 3 nitrogen and oxygen atoms in total. The van der Waals surface area contributed by atoms with Crippen LogP contribution in [0, 0.1) is 5.41 Å². The molecule has 1 aromatic carbocycles. The van der Waals surface area contributed by atoms with Crippen LogP contribution in [0.5, 0.6) is 0 Å². The zero-order valence-corrected chi connectivity index (χ0v) is 10.7. The number of carbonyl (C=O) groups excluding carboxylic acids is 1. The van der Waals surface area contributed by atoms with E-state index in [1.165, 1.54) is 5.56 Å². The quantitative estimate of drug-likeness (QED) is 0.888. The first-order valence-electron chi connectivity index (χ1n) is 6.69. The monoisotopic (exact) mass is 245 g/mol. The molecule has 96 valence electrons. The van der Waals surface area contributed by atoms with Gasteiger partial charge >= 0.3 is 0 Å². The molecular formula is C15H19NO2. The third kappa shape index (κ3) is 1.83. The van der Waals surface area contributed by atoms with Crippen molar-refractivity contribution in [1.29, 1.82) is 0 Å². The number of ether oxygens (including phenoxy) is 1. The zero-order valence-electron chi connectivity index (χ0n) is 10.7. The molecule has 1 heterocycles. The van der Waals surface area contributed by atoms with E-state index in [1.54, 1.807) is 0 Å². The van der Waals surface area contributed by atoms with Gasteiger partial charge in [0.25, 0.3) is 0 Å². The van der Waals surface area contributed by atoms with Crippen molar-refractivity contribution in [1.82, 2.24) is 5.32 Å². The molecule has 0 bridgehead atoms. The molecular weight excluding hydrogens is 226 g/mol. The number of hydrogen-bond donors (Lipinski definition) is 1. The highest BCUT2D eigenvalue weighted by molar-refractivity contribution is 5.80. The second-order valence-electron chi connectivity index (χ2n) is 5.44. The largest absolute Gasteiger partial charge is 0.378 e. The molecule has 2 aliphatic rings. The maximum absolute atomic E-state index is 11.7. The number of benzene rings is 1.